The van der Waals surface area contributed by atoms with Crippen molar-refractivity contribution in [3.8, 4) is 11.6 Å². The van der Waals surface area contributed by atoms with Crippen molar-refractivity contribution < 1.29 is 9.47 Å². The van der Waals surface area contributed by atoms with E-state index in [2.05, 4.69) is 49.4 Å². The third-order valence-corrected chi connectivity index (χ3v) is 4.66. The van der Waals surface area contributed by atoms with Gasteiger partial charge in [-0.15, -0.1) is 0 Å². The molecule has 1 aliphatic rings. The summed E-state index contributed by atoms with van der Waals surface area (Å²) in [6.07, 6.45) is 0.968. The van der Waals surface area contributed by atoms with Crippen molar-refractivity contribution in [3.05, 3.63) is 40.6 Å². The van der Waals surface area contributed by atoms with Crippen LogP contribution in [0.25, 0.3) is 0 Å². The summed E-state index contributed by atoms with van der Waals surface area (Å²) in [5.41, 5.74) is 4.69. The maximum absolute atomic E-state index is 5.87. The van der Waals surface area contributed by atoms with Gasteiger partial charge in [0.05, 0.1) is 25.0 Å². The number of hydrogen-bond donors (Lipinski definition) is 1. The van der Waals surface area contributed by atoms with Gasteiger partial charge in [-0.25, -0.2) is 4.68 Å². The topological polar surface area (TPSA) is 48.3 Å². The van der Waals surface area contributed by atoms with E-state index in [9.17, 15) is 0 Å². The number of rotatable bonds is 5. The summed E-state index contributed by atoms with van der Waals surface area (Å²) in [4.78, 5) is 0. The summed E-state index contributed by atoms with van der Waals surface area (Å²) in [6, 6.07) is 6.64. The van der Waals surface area contributed by atoms with Crippen molar-refractivity contribution >= 4 is 0 Å². The van der Waals surface area contributed by atoms with Gasteiger partial charge in [-0.3, -0.25) is 0 Å². The summed E-state index contributed by atoms with van der Waals surface area (Å²) >= 11 is 0. The van der Waals surface area contributed by atoms with Crippen molar-refractivity contribution in [1.82, 2.24) is 15.1 Å². The molecule has 24 heavy (non-hydrogen) atoms. The van der Waals surface area contributed by atoms with E-state index in [0.717, 1.165) is 42.5 Å². The minimum absolute atomic E-state index is 0.290. The van der Waals surface area contributed by atoms with Crippen molar-refractivity contribution in [2.24, 2.45) is 7.05 Å². The van der Waals surface area contributed by atoms with Crippen LogP contribution in [0.5, 0.6) is 11.6 Å². The Balaban J connectivity index is 1.84. The number of methoxy groups -OCH3 is 1. The monoisotopic (exact) mass is 329 g/mol. The van der Waals surface area contributed by atoms with Crippen LogP contribution in [-0.2, 0) is 13.6 Å². The van der Waals surface area contributed by atoms with Crippen LogP contribution in [0, 0.1) is 6.92 Å². The first-order valence-corrected chi connectivity index (χ1v) is 8.58. The number of ether oxygens (including phenoxy) is 2. The van der Waals surface area contributed by atoms with Gasteiger partial charge in [0.2, 0.25) is 5.88 Å². The van der Waals surface area contributed by atoms with E-state index in [1.54, 1.807) is 7.11 Å². The van der Waals surface area contributed by atoms with Crippen molar-refractivity contribution in [1.29, 1.82) is 0 Å². The van der Waals surface area contributed by atoms with Crippen molar-refractivity contribution in [3.63, 3.8) is 0 Å². The van der Waals surface area contributed by atoms with E-state index in [1.807, 2.05) is 11.7 Å². The fourth-order valence-corrected chi connectivity index (χ4v) is 3.48. The highest BCUT2D eigenvalue weighted by molar-refractivity contribution is 5.44. The second kappa shape index (κ2) is 6.85. The minimum atomic E-state index is 0.290. The number of nitrogens with one attached hydrogen (secondary N) is 1. The molecule has 5 nitrogen and oxygen atoms in total. The van der Waals surface area contributed by atoms with E-state index in [-0.39, 0.29) is 0 Å². The van der Waals surface area contributed by atoms with Gasteiger partial charge >= 0.3 is 0 Å². The maximum Gasteiger partial charge on any atom is 0.216 e. The quantitative estimate of drug-likeness (QED) is 0.912. The first-order chi connectivity index (χ1) is 11.5. The van der Waals surface area contributed by atoms with Crippen LogP contribution in [0.15, 0.2) is 18.2 Å². The summed E-state index contributed by atoms with van der Waals surface area (Å²) in [5.74, 6) is 2.23. The van der Waals surface area contributed by atoms with Crippen LogP contribution in [0.2, 0.25) is 0 Å². The average molecular weight is 329 g/mol. The molecular formula is C19H27N3O2. The van der Waals surface area contributed by atoms with Gasteiger partial charge in [0.15, 0.2) is 0 Å². The molecule has 0 aliphatic carbocycles. The van der Waals surface area contributed by atoms with Gasteiger partial charge in [0.25, 0.3) is 0 Å². The Kier molecular flexibility index (Phi) is 4.81. The Morgan fingerprint density at radius 3 is 2.92 bits per heavy atom. The van der Waals surface area contributed by atoms with E-state index in [0.29, 0.717) is 12.0 Å². The molecule has 1 atom stereocenters. The van der Waals surface area contributed by atoms with Crippen LogP contribution in [0.4, 0.5) is 0 Å². The Morgan fingerprint density at radius 1 is 1.42 bits per heavy atom. The van der Waals surface area contributed by atoms with Crippen LogP contribution in [0.1, 0.15) is 54.6 Å². The molecule has 0 bridgehead atoms. The molecule has 1 aliphatic heterocycles. The lowest BCUT2D eigenvalue weighted by atomic mass is 9.97. The van der Waals surface area contributed by atoms with E-state index in [4.69, 9.17) is 9.47 Å². The molecule has 5 heteroatoms. The number of hydrogen-bond acceptors (Lipinski definition) is 4. The molecule has 0 radical (unpaired) electrons. The lowest BCUT2D eigenvalue weighted by molar-refractivity contribution is 0.250. The smallest absolute Gasteiger partial charge is 0.216 e. The third kappa shape index (κ3) is 3.00. The van der Waals surface area contributed by atoms with Crippen molar-refractivity contribution in [2.45, 2.75) is 45.7 Å². The normalized spacial score (nSPS) is 16.8. The zero-order valence-corrected chi connectivity index (χ0v) is 15.2. The Hall–Kier alpha value is -2.01. The fraction of sp³-hybridized carbons (Fsp3) is 0.526. The van der Waals surface area contributed by atoms with E-state index < -0.39 is 0 Å². The lowest BCUT2D eigenvalue weighted by Crippen LogP contribution is -2.27. The third-order valence-electron chi connectivity index (χ3n) is 4.66. The molecule has 130 valence electrons. The second-order valence-corrected chi connectivity index (χ2v) is 6.72. The molecule has 1 aromatic heterocycles. The molecular weight excluding hydrogens is 302 g/mol. The Labute approximate surface area is 144 Å². The number of aryl methyl sites for hydroxylation is 2. The van der Waals surface area contributed by atoms with Crippen LogP contribution in [-0.4, -0.2) is 23.5 Å². The molecule has 0 spiro atoms. The second-order valence-electron chi connectivity index (χ2n) is 6.72. The van der Waals surface area contributed by atoms with Gasteiger partial charge in [-0.2, -0.15) is 5.10 Å². The standard InChI is InChI=1S/C19H27N3O2/c1-12(2)17-15(19(23-5)22(4)21-17)11-20-16-9-10-24-18-13(3)7-6-8-14(16)18/h6-8,12,16,20H,9-11H2,1-5H3/t16-/m0/s1. The van der Waals surface area contributed by atoms with Gasteiger partial charge < -0.3 is 14.8 Å². The SMILES string of the molecule is COc1c(CN[C@H]2CCOc3c(C)cccc32)c(C(C)C)nn1C. The molecule has 0 saturated heterocycles. The van der Waals surface area contributed by atoms with E-state index in [1.165, 1.54) is 11.1 Å². The summed E-state index contributed by atoms with van der Waals surface area (Å²) < 4.78 is 13.3. The number of aromatic nitrogens is 2. The van der Waals surface area contributed by atoms with Crippen molar-refractivity contribution in [2.75, 3.05) is 13.7 Å². The zero-order valence-electron chi connectivity index (χ0n) is 15.2. The van der Waals surface area contributed by atoms with Gasteiger partial charge in [-0.1, -0.05) is 32.0 Å². The first kappa shape index (κ1) is 16.8. The minimum Gasteiger partial charge on any atom is -0.493 e. The number of benzene rings is 1. The molecule has 0 amide bonds. The molecule has 0 saturated carbocycles. The Morgan fingerprint density at radius 2 is 2.21 bits per heavy atom. The number of para-hydroxylation sites is 1. The van der Waals surface area contributed by atoms with Crippen LogP contribution in [0.3, 0.4) is 0 Å². The molecule has 2 heterocycles. The first-order valence-electron chi connectivity index (χ1n) is 8.58. The molecule has 1 aromatic carbocycles. The Bertz CT molecular complexity index is 722. The predicted octanol–water partition coefficient (Wildman–Crippen LogP) is 3.47. The largest absolute Gasteiger partial charge is 0.493 e. The number of nitrogens with zero attached hydrogens (tertiary/aromatic N) is 2. The average Bonchev–Trinajstić information content (AvgIpc) is 2.89. The molecule has 3 rings (SSSR count). The predicted molar refractivity (Wildman–Crippen MR) is 94.7 cm³/mol. The van der Waals surface area contributed by atoms with Gasteiger partial charge in [0.1, 0.15) is 5.75 Å². The van der Waals surface area contributed by atoms with Crippen LogP contribution >= 0.6 is 0 Å². The van der Waals surface area contributed by atoms with E-state index >= 15 is 0 Å². The molecule has 1 N–H and O–H groups in total. The summed E-state index contributed by atoms with van der Waals surface area (Å²) in [7, 11) is 3.64. The maximum atomic E-state index is 5.87. The van der Waals surface area contributed by atoms with Gasteiger partial charge in [-0.05, 0) is 18.4 Å². The highest BCUT2D eigenvalue weighted by atomic mass is 16.5. The van der Waals surface area contributed by atoms with Gasteiger partial charge in [0, 0.05) is 31.6 Å². The number of fused-ring (bicyclic) bond motifs is 1. The fourth-order valence-electron chi connectivity index (χ4n) is 3.48. The summed E-state index contributed by atoms with van der Waals surface area (Å²) in [6.45, 7) is 7.91. The molecule has 0 fully saturated rings. The molecule has 2 aromatic rings. The zero-order chi connectivity index (χ0) is 17.3. The lowest BCUT2D eigenvalue weighted by Gasteiger charge is -2.28. The molecule has 0 unspecified atom stereocenters. The van der Waals surface area contributed by atoms with Crippen LogP contribution < -0.4 is 14.8 Å². The summed E-state index contributed by atoms with van der Waals surface area (Å²) in [5, 5.41) is 8.32. The highest BCUT2D eigenvalue weighted by Gasteiger charge is 2.24. The highest BCUT2D eigenvalue weighted by Crippen LogP contribution is 2.35.